The molecule has 0 radical (unpaired) electrons. The molecular weight excluding hydrogens is 321 g/mol. The van der Waals surface area contributed by atoms with Crippen molar-refractivity contribution in [2.75, 3.05) is 26.2 Å². The zero-order chi connectivity index (χ0) is 16.1. The molecule has 2 amide bonds. The third-order valence-electron chi connectivity index (χ3n) is 3.80. The highest BCUT2D eigenvalue weighted by molar-refractivity contribution is 5.94. The van der Waals surface area contributed by atoms with E-state index in [1.165, 1.54) is 18.2 Å². The zero-order valence-corrected chi connectivity index (χ0v) is 14.0. The Bertz CT molecular complexity index is 546. The van der Waals surface area contributed by atoms with Crippen molar-refractivity contribution in [1.82, 2.24) is 9.80 Å². The molecule has 0 aromatic heterocycles. The number of amides is 2. The largest absolute Gasteiger partial charge is 0.339 e. The Kier molecular flexibility index (Phi) is 7.45. The van der Waals surface area contributed by atoms with Crippen molar-refractivity contribution < 1.29 is 14.0 Å². The van der Waals surface area contributed by atoms with Crippen molar-refractivity contribution in [2.24, 2.45) is 5.73 Å². The van der Waals surface area contributed by atoms with Crippen LogP contribution >= 0.6 is 12.4 Å². The summed E-state index contributed by atoms with van der Waals surface area (Å²) in [5.41, 5.74) is 6.00. The van der Waals surface area contributed by atoms with Gasteiger partial charge in [0, 0.05) is 44.2 Å². The van der Waals surface area contributed by atoms with Gasteiger partial charge in [-0.05, 0) is 31.5 Å². The normalized spacial score (nSPS) is 15.8. The van der Waals surface area contributed by atoms with E-state index in [9.17, 15) is 14.0 Å². The van der Waals surface area contributed by atoms with Crippen LogP contribution in [-0.4, -0.2) is 53.8 Å². The van der Waals surface area contributed by atoms with Gasteiger partial charge in [-0.25, -0.2) is 4.39 Å². The van der Waals surface area contributed by atoms with Gasteiger partial charge in [-0.3, -0.25) is 9.59 Å². The monoisotopic (exact) mass is 343 g/mol. The summed E-state index contributed by atoms with van der Waals surface area (Å²) in [5, 5.41) is 0. The molecule has 0 spiro atoms. The quantitative estimate of drug-likeness (QED) is 0.904. The van der Waals surface area contributed by atoms with E-state index >= 15 is 0 Å². The lowest BCUT2D eigenvalue weighted by molar-refractivity contribution is -0.132. The fourth-order valence-corrected chi connectivity index (χ4v) is 2.47. The molecular formula is C16H23ClFN3O2. The molecule has 1 saturated heterocycles. The average molecular weight is 344 g/mol. The third kappa shape index (κ3) is 5.48. The van der Waals surface area contributed by atoms with Crippen molar-refractivity contribution in [3.8, 4) is 0 Å². The van der Waals surface area contributed by atoms with Gasteiger partial charge in [-0.1, -0.05) is 6.07 Å². The summed E-state index contributed by atoms with van der Waals surface area (Å²) in [4.78, 5) is 27.7. The number of benzene rings is 1. The Balaban J connectivity index is 0.00000264. The molecule has 1 unspecified atom stereocenters. The summed E-state index contributed by atoms with van der Waals surface area (Å²) in [7, 11) is 0. The number of rotatable bonds is 4. The van der Waals surface area contributed by atoms with Crippen molar-refractivity contribution in [2.45, 2.75) is 25.8 Å². The fraction of sp³-hybridized carbons (Fsp3) is 0.500. The van der Waals surface area contributed by atoms with E-state index < -0.39 is 5.82 Å². The number of halogens is 2. The van der Waals surface area contributed by atoms with Gasteiger partial charge in [-0.15, -0.1) is 12.4 Å². The van der Waals surface area contributed by atoms with E-state index in [-0.39, 0.29) is 30.3 Å². The van der Waals surface area contributed by atoms with E-state index in [1.54, 1.807) is 15.9 Å². The standard InChI is InChI=1S/C16H22FN3O2.ClH/c1-12(18)5-6-15(21)19-7-9-20(10-8-19)16(22)13-3-2-4-14(17)11-13;/h2-4,11-12H,5-10,18H2,1H3;1H. The molecule has 0 saturated carbocycles. The molecule has 0 bridgehead atoms. The van der Waals surface area contributed by atoms with Crippen molar-refractivity contribution in [1.29, 1.82) is 0 Å². The second kappa shape index (κ2) is 8.84. The maximum Gasteiger partial charge on any atom is 0.254 e. The number of hydrogen-bond donors (Lipinski definition) is 1. The van der Waals surface area contributed by atoms with E-state index in [4.69, 9.17) is 5.73 Å². The summed E-state index contributed by atoms with van der Waals surface area (Å²) in [6.45, 7) is 3.85. The first-order valence-corrected chi connectivity index (χ1v) is 7.55. The van der Waals surface area contributed by atoms with Gasteiger partial charge >= 0.3 is 0 Å². The summed E-state index contributed by atoms with van der Waals surface area (Å²) in [6, 6.07) is 5.69. The van der Waals surface area contributed by atoms with Crippen LogP contribution in [0.25, 0.3) is 0 Å². The molecule has 2 N–H and O–H groups in total. The van der Waals surface area contributed by atoms with Gasteiger partial charge < -0.3 is 15.5 Å². The van der Waals surface area contributed by atoms with Gasteiger partial charge in [-0.2, -0.15) is 0 Å². The van der Waals surface area contributed by atoms with Crippen LogP contribution in [0.3, 0.4) is 0 Å². The summed E-state index contributed by atoms with van der Waals surface area (Å²) in [5.74, 6) is -0.534. The number of carbonyl (C=O) groups is 2. The van der Waals surface area contributed by atoms with Crippen LogP contribution in [-0.2, 0) is 4.79 Å². The third-order valence-corrected chi connectivity index (χ3v) is 3.80. The number of hydrogen-bond acceptors (Lipinski definition) is 3. The summed E-state index contributed by atoms with van der Waals surface area (Å²) < 4.78 is 13.2. The minimum Gasteiger partial charge on any atom is -0.339 e. The van der Waals surface area contributed by atoms with Crippen LogP contribution in [0.1, 0.15) is 30.1 Å². The minimum absolute atomic E-state index is 0. The van der Waals surface area contributed by atoms with Crippen LogP contribution in [0.5, 0.6) is 0 Å². The number of carbonyl (C=O) groups excluding carboxylic acids is 2. The van der Waals surface area contributed by atoms with E-state index in [2.05, 4.69) is 0 Å². The Morgan fingerprint density at radius 1 is 1.22 bits per heavy atom. The second-order valence-corrected chi connectivity index (χ2v) is 5.70. The topological polar surface area (TPSA) is 66.6 Å². The first-order chi connectivity index (χ1) is 10.5. The maximum atomic E-state index is 13.2. The van der Waals surface area contributed by atoms with Crippen molar-refractivity contribution in [3.05, 3.63) is 35.6 Å². The van der Waals surface area contributed by atoms with Gasteiger partial charge in [0.25, 0.3) is 5.91 Å². The maximum absolute atomic E-state index is 13.2. The predicted molar refractivity (Wildman–Crippen MR) is 89.0 cm³/mol. The SMILES string of the molecule is CC(N)CCC(=O)N1CCN(C(=O)c2cccc(F)c2)CC1.Cl. The molecule has 23 heavy (non-hydrogen) atoms. The molecule has 1 heterocycles. The van der Waals surface area contributed by atoms with Gasteiger partial charge in [0.1, 0.15) is 5.82 Å². The Hall–Kier alpha value is -1.66. The molecule has 0 aliphatic carbocycles. The van der Waals surface area contributed by atoms with Crippen LogP contribution in [0, 0.1) is 5.82 Å². The van der Waals surface area contributed by atoms with E-state index in [1.807, 2.05) is 6.92 Å². The summed E-state index contributed by atoms with van der Waals surface area (Å²) >= 11 is 0. The van der Waals surface area contributed by atoms with Crippen molar-refractivity contribution >= 4 is 24.2 Å². The molecule has 2 rings (SSSR count). The highest BCUT2D eigenvalue weighted by Gasteiger charge is 2.24. The molecule has 128 valence electrons. The smallest absolute Gasteiger partial charge is 0.254 e. The Morgan fingerprint density at radius 3 is 2.39 bits per heavy atom. The Labute approximate surface area is 142 Å². The van der Waals surface area contributed by atoms with Crippen LogP contribution < -0.4 is 5.73 Å². The molecule has 1 aliphatic heterocycles. The molecule has 5 nitrogen and oxygen atoms in total. The van der Waals surface area contributed by atoms with Crippen molar-refractivity contribution in [3.63, 3.8) is 0 Å². The van der Waals surface area contributed by atoms with Gasteiger partial charge in [0.2, 0.25) is 5.91 Å². The highest BCUT2D eigenvalue weighted by atomic mass is 35.5. The fourth-order valence-electron chi connectivity index (χ4n) is 2.47. The van der Waals surface area contributed by atoms with Crippen LogP contribution in [0.15, 0.2) is 24.3 Å². The lowest BCUT2D eigenvalue weighted by atomic mass is 10.1. The lowest BCUT2D eigenvalue weighted by Gasteiger charge is -2.35. The van der Waals surface area contributed by atoms with E-state index in [0.717, 1.165) is 0 Å². The number of piperazine rings is 1. The van der Waals surface area contributed by atoms with Crippen LogP contribution in [0.2, 0.25) is 0 Å². The van der Waals surface area contributed by atoms with Gasteiger partial charge in [0.05, 0.1) is 0 Å². The first kappa shape index (κ1) is 19.4. The molecule has 1 atom stereocenters. The van der Waals surface area contributed by atoms with E-state index in [0.29, 0.717) is 44.6 Å². The minimum atomic E-state index is -0.421. The molecule has 1 aliphatic rings. The summed E-state index contributed by atoms with van der Waals surface area (Å²) in [6.07, 6.45) is 1.11. The first-order valence-electron chi connectivity index (χ1n) is 7.55. The molecule has 1 fully saturated rings. The highest BCUT2D eigenvalue weighted by Crippen LogP contribution is 2.11. The lowest BCUT2D eigenvalue weighted by Crippen LogP contribution is -2.50. The second-order valence-electron chi connectivity index (χ2n) is 5.70. The molecule has 1 aromatic rings. The number of nitrogens with zero attached hydrogens (tertiary/aromatic N) is 2. The molecule has 7 heteroatoms. The van der Waals surface area contributed by atoms with Crippen LogP contribution in [0.4, 0.5) is 4.39 Å². The van der Waals surface area contributed by atoms with Gasteiger partial charge in [0.15, 0.2) is 0 Å². The Morgan fingerprint density at radius 2 is 1.83 bits per heavy atom. The molecule has 1 aromatic carbocycles. The predicted octanol–water partition coefficient (Wildman–Crippen LogP) is 1.66. The number of nitrogens with two attached hydrogens (primary N) is 1. The zero-order valence-electron chi connectivity index (χ0n) is 13.2. The average Bonchev–Trinajstić information content (AvgIpc) is 2.52.